The highest BCUT2D eigenvalue weighted by Crippen LogP contribution is 2.27. The molecule has 2 rings (SSSR count). The molecule has 0 amide bonds. The topological polar surface area (TPSA) is 69.7 Å². The van der Waals surface area contributed by atoms with Crippen molar-refractivity contribution >= 4 is 21.6 Å². The van der Waals surface area contributed by atoms with Crippen molar-refractivity contribution in [3.63, 3.8) is 0 Å². The monoisotopic (exact) mass is 275 g/mol. The molecule has 0 bridgehead atoms. The zero-order valence-electron chi connectivity index (χ0n) is 9.97. The summed E-state index contributed by atoms with van der Waals surface area (Å²) in [4.78, 5) is 4.36. The molecule has 1 heterocycles. The maximum Gasteiger partial charge on any atom is 0.139 e. The Labute approximate surface area is 113 Å². The zero-order chi connectivity index (χ0) is 13.7. The summed E-state index contributed by atoms with van der Waals surface area (Å²) in [5, 5.41) is 18.2. The van der Waals surface area contributed by atoms with Crippen LogP contribution >= 0.6 is 11.3 Å². The molecule has 0 saturated carbocycles. The molecule has 1 aromatic carbocycles. The van der Waals surface area contributed by atoms with E-state index in [0.717, 1.165) is 15.2 Å². The summed E-state index contributed by atoms with van der Waals surface area (Å²) in [6.07, 6.45) is 0.326. The van der Waals surface area contributed by atoms with Crippen molar-refractivity contribution in [2.24, 2.45) is 5.92 Å². The number of benzene rings is 1. The third-order valence-corrected chi connectivity index (χ3v) is 3.50. The number of fused-ring (bicyclic) bond motifs is 1. The predicted octanol–water partition coefficient (Wildman–Crippen LogP) is 2.85. The number of alkyl halides is 1. The van der Waals surface area contributed by atoms with Gasteiger partial charge >= 0.3 is 0 Å². The maximum atomic E-state index is 12.0. The first-order chi connectivity index (χ1) is 9.26. The highest BCUT2D eigenvalue weighted by atomic mass is 32.1. The van der Waals surface area contributed by atoms with Gasteiger partial charge in [0.15, 0.2) is 0 Å². The first-order valence-electron chi connectivity index (χ1n) is 5.64. The number of nitriles is 2. The van der Waals surface area contributed by atoms with Gasteiger partial charge < -0.3 is 4.74 Å². The highest BCUT2D eigenvalue weighted by molar-refractivity contribution is 7.18. The average Bonchev–Trinajstić information content (AvgIpc) is 2.84. The minimum Gasteiger partial charge on any atom is -0.491 e. The second-order valence-corrected chi connectivity index (χ2v) is 4.90. The maximum absolute atomic E-state index is 12.0. The van der Waals surface area contributed by atoms with Gasteiger partial charge in [0, 0.05) is 12.5 Å². The van der Waals surface area contributed by atoms with Crippen molar-refractivity contribution in [1.82, 2.24) is 4.98 Å². The molecule has 0 fully saturated rings. The van der Waals surface area contributed by atoms with Crippen molar-refractivity contribution in [3.8, 4) is 17.9 Å². The molecule has 19 heavy (non-hydrogen) atoms. The molecule has 0 saturated heterocycles. The van der Waals surface area contributed by atoms with E-state index >= 15 is 0 Å². The Morgan fingerprint density at radius 3 is 2.84 bits per heavy atom. The van der Waals surface area contributed by atoms with Gasteiger partial charge in [-0.1, -0.05) is 0 Å². The minimum absolute atomic E-state index is 0.0213. The lowest BCUT2D eigenvalue weighted by molar-refractivity contribution is 0.273. The van der Waals surface area contributed by atoms with Gasteiger partial charge in [-0.25, -0.2) is 9.37 Å². The van der Waals surface area contributed by atoms with Crippen molar-refractivity contribution in [3.05, 3.63) is 23.2 Å². The summed E-state index contributed by atoms with van der Waals surface area (Å²) >= 11 is 1.45. The number of rotatable bonds is 5. The number of aromatic nitrogens is 1. The molecular weight excluding hydrogens is 265 g/mol. The normalized spacial score (nSPS) is 10.3. The lowest BCUT2D eigenvalue weighted by Crippen LogP contribution is -1.98. The standard InChI is InChI=1S/C13H10FN3OS/c14-3-4-18-10-1-2-12-11(6-10)17-13(19-12)5-9(7-15)8-16/h1-2,6,9H,3-5H2. The summed E-state index contributed by atoms with van der Waals surface area (Å²) in [6, 6.07) is 9.18. The number of nitrogens with zero attached hydrogens (tertiary/aromatic N) is 3. The van der Waals surface area contributed by atoms with Crippen molar-refractivity contribution < 1.29 is 9.13 Å². The molecule has 0 aliphatic heterocycles. The second kappa shape index (κ2) is 6.12. The van der Waals surface area contributed by atoms with Crippen LogP contribution in [0.1, 0.15) is 5.01 Å². The van der Waals surface area contributed by atoms with Crippen molar-refractivity contribution in [2.45, 2.75) is 6.42 Å². The third kappa shape index (κ3) is 3.18. The molecule has 0 N–H and O–H groups in total. The summed E-state index contributed by atoms with van der Waals surface area (Å²) in [7, 11) is 0. The molecule has 0 unspecified atom stereocenters. The van der Waals surface area contributed by atoms with Crippen LogP contribution in [-0.4, -0.2) is 18.3 Å². The molecule has 0 aliphatic rings. The summed E-state index contributed by atoms with van der Waals surface area (Å²) in [6.45, 7) is -0.514. The smallest absolute Gasteiger partial charge is 0.139 e. The van der Waals surface area contributed by atoms with Crippen LogP contribution in [-0.2, 0) is 6.42 Å². The van der Waals surface area contributed by atoms with Gasteiger partial charge in [-0.2, -0.15) is 10.5 Å². The Bertz CT molecular complexity index is 642. The third-order valence-electron chi connectivity index (χ3n) is 2.44. The minimum atomic E-state index is -0.678. The van der Waals surface area contributed by atoms with E-state index in [1.165, 1.54) is 11.3 Å². The molecule has 1 aromatic heterocycles. The fourth-order valence-electron chi connectivity index (χ4n) is 1.58. The van der Waals surface area contributed by atoms with Crippen LogP contribution in [0.15, 0.2) is 18.2 Å². The van der Waals surface area contributed by atoms with E-state index in [0.29, 0.717) is 12.2 Å². The van der Waals surface area contributed by atoms with E-state index in [2.05, 4.69) is 4.98 Å². The van der Waals surface area contributed by atoms with Crippen LogP contribution in [0.25, 0.3) is 10.2 Å². The number of halogens is 1. The Hall–Kier alpha value is -2.18. The van der Waals surface area contributed by atoms with Gasteiger partial charge in [-0.15, -0.1) is 11.3 Å². The van der Waals surface area contributed by atoms with Gasteiger partial charge in [0.2, 0.25) is 0 Å². The molecule has 0 spiro atoms. The Morgan fingerprint density at radius 1 is 1.37 bits per heavy atom. The van der Waals surface area contributed by atoms with Gasteiger partial charge in [-0.05, 0) is 12.1 Å². The van der Waals surface area contributed by atoms with Crippen molar-refractivity contribution in [2.75, 3.05) is 13.3 Å². The quantitative estimate of drug-likeness (QED) is 0.841. The fourth-order valence-corrected chi connectivity index (χ4v) is 2.58. The van der Waals surface area contributed by atoms with E-state index in [-0.39, 0.29) is 6.61 Å². The Morgan fingerprint density at radius 2 is 2.16 bits per heavy atom. The lowest BCUT2D eigenvalue weighted by Gasteiger charge is -2.01. The summed E-state index contributed by atoms with van der Waals surface area (Å²) in [5.41, 5.74) is 0.742. The predicted molar refractivity (Wildman–Crippen MR) is 69.5 cm³/mol. The lowest BCUT2D eigenvalue weighted by atomic mass is 10.1. The number of ether oxygens (including phenoxy) is 1. The molecular formula is C13H10FN3OS. The van der Waals surface area contributed by atoms with E-state index in [4.69, 9.17) is 15.3 Å². The first-order valence-corrected chi connectivity index (χ1v) is 6.46. The molecule has 0 radical (unpaired) electrons. The van der Waals surface area contributed by atoms with E-state index in [9.17, 15) is 4.39 Å². The highest BCUT2D eigenvalue weighted by Gasteiger charge is 2.11. The largest absolute Gasteiger partial charge is 0.491 e. The molecule has 4 nitrogen and oxygen atoms in total. The van der Waals surface area contributed by atoms with Crippen LogP contribution in [0.4, 0.5) is 4.39 Å². The molecule has 0 atom stereocenters. The number of hydrogen-bond acceptors (Lipinski definition) is 5. The van der Waals surface area contributed by atoms with Gasteiger partial charge in [0.1, 0.15) is 24.9 Å². The SMILES string of the molecule is N#CC(C#N)Cc1nc2cc(OCCF)ccc2s1. The van der Waals surface area contributed by atoms with Crippen LogP contribution in [0.2, 0.25) is 0 Å². The van der Waals surface area contributed by atoms with Crippen LogP contribution in [0, 0.1) is 28.6 Å². The molecule has 96 valence electrons. The van der Waals surface area contributed by atoms with Crippen molar-refractivity contribution in [1.29, 1.82) is 10.5 Å². The molecule has 2 aromatic rings. The van der Waals surface area contributed by atoms with Gasteiger partial charge in [-0.3, -0.25) is 0 Å². The number of hydrogen-bond donors (Lipinski definition) is 0. The molecule has 0 aliphatic carbocycles. The van der Waals surface area contributed by atoms with Gasteiger partial charge in [0.05, 0.1) is 27.4 Å². The van der Waals surface area contributed by atoms with Crippen LogP contribution < -0.4 is 4.74 Å². The van der Waals surface area contributed by atoms with Crippen LogP contribution in [0.5, 0.6) is 5.75 Å². The Balaban J connectivity index is 2.21. The zero-order valence-corrected chi connectivity index (χ0v) is 10.8. The Kier molecular flexibility index (Phi) is 4.27. The second-order valence-electron chi connectivity index (χ2n) is 3.79. The van der Waals surface area contributed by atoms with E-state index < -0.39 is 12.6 Å². The average molecular weight is 275 g/mol. The summed E-state index contributed by atoms with van der Waals surface area (Å²) < 4.78 is 18.2. The number of thiazole rings is 1. The van der Waals surface area contributed by atoms with E-state index in [1.54, 1.807) is 12.1 Å². The fraction of sp³-hybridized carbons (Fsp3) is 0.308. The van der Waals surface area contributed by atoms with E-state index in [1.807, 2.05) is 18.2 Å². The summed E-state index contributed by atoms with van der Waals surface area (Å²) in [5.74, 6) is -0.109. The first kappa shape index (κ1) is 13.3. The van der Waals surface area contributed by atoms with Gasteiger partial charge in [0.25, 0.3) is 0 Å². The van der Waals surface area contributed by atoms with Crippen LogP contribution in [0.3, 0.4) is 0 Å². The molecule has 6 heteroatoms.